The van der Waals surface area contributed by atoms with Gasteiger partial charge >= 0.3 is 6.03 Å². The van der Waals surface area contributed by atoms with Gasteiger partial charge in [-0.3, -0.25) is 4.79 Å². The zero-order chi connectivity index (χ0) is 16.1. The van der Waals surface area contributed by atoms with E-state index in [2.05, 4.69) is 10.6 Å². The summed E-state index contributed by atoms with van der Waals surface area (Å²) in [5.41, 5.74) is 1.37. The number of hydrogen-bond donors (Lipinski definition) is 2. The molecule has 0 aromatic heterocycles. The molecule has 0 atom stereocenters. The molecule has 0 saturated heterocycles. The lowest BCUT2D eigenvalue weighted by atomic mass is 10.1. The standard InChI is InChI=1S/C16H14N2O4/c1-10(19)11-5-7-13(8-6-11)17-16(22)18-14-4-2-3-12(9-14)15(20)21/h2-9H,1H3,(H,20,21)(H2,17,18,22)/p-1. The van der Waals surface area contributed by atoms with E-state index in [1.165, 1.54) is 25.1 Å². The summed E-state index contributed by atoms with van der Waals surface area (Å²) in [7, 11) is 0. The molecule has 6 nitrogen and oxygen atoms in total. The number of nitrogens with one attached hydrogen (secondary N) is 2. The van der Waals surface area contributed by atoms with Gasteiger partial charge in [0.05, 0.1) is 5.97 Å². The maximum atomic E-state index is 11.8. The lowest BCUT2D eigenvalue weighted by Gasteiger charge is -2.09. The Balaban J connectivity index is 2.02. The fourth-order valence-electron chi connectivity index (χ4n) is 1.81. The molecule has 6 heteroatoms. The van der Waals surface area contributed by atoms with Gasteiger partial charge < -0.3 is 20.5 Å². The Morgan fingerprint density at radius 2 is 1.50 bits per heavy atom. The molecule has 2 aromatic rings. The molecule has 0 fully saturated rings. The van der Waals surface area contributed by atoms with Crippen LogP contribution in [0.1, 0.15) is 27.6 Å². The number of ketones is 1. The molecule has 0 heterocycles. The topological polar surface area (TPSA) is 98.3 Å². The maximum absolute atomic E-state index is 11.8. The van der Waals surface area contributed by atoms with Crippen LogP contribution in [-0.4, -0.2) is 17.8 Å². The number of aromatic carboxylic acids is 1. The van der Waals surface area contributed by atoms with Gasteiger partial charge in [-0.05, 0) is 48.9 Å². The quantitative estimate of drug-likeness (QED) is 0.842. The number of benzene rings is 2. The molecule has 0 spiro atoms. The van der Waals surface area contributed by atoms with Gasteiger partial charge in [-0.15, -0.1) is 0 Å². The summed E-state index contributed by atoms with van der Waals surface area (Å²) >= 11 is 0. The number of carboxylic acids is 1. The molecule has 0 radical (unpaired) electrons. The Bertz CT molecular complexity index is 723. The number of Topliss-reactive ketones (excluding diaryl/α,β-unsaturated/α-hetero) is 1. The summed E-state index contributed by atoms with van der Waals surface area (Å²) in [4.78, 5) is 33.7. The van der Waals surface area contributed by atoms with E-state index in [1.54, 1.807) is 30.3 Å². The van der Waals surface area contributed by atoms with E-state index >= 15 is 0 Å². The minimum Gasteiger partial charge on any atom is -0.545 e. The highest BCUT2D eigenvalue weighted by molar-refractivity contribution is 6.01. The van der Waals surface area contributed by atoms with Gasteiger partial charge in [-0.2, -0.15) is 0 Å². The summed E-state index contributed by atoms with van der Waals surface area (Å²) in [5, 5.41) is 15.8. The zero-order valence-electron chi connectivity index (χ0n) is 11.8. The summed E-state index contributed by atoms with van der Waals surface area (Å²) < 4.78 is 0. The van der Waals surface area contributed by atoms with Gasteiger partial charge in [-0.1, -0.05) is 12.1 Å². The van der Waals surface area contributed by atoms with Crippen molar-refractivity contribution in [3.8, 4) is 0 Å². The highest BCUT2D eigenvalue weighted by Gasteiger charge is 2.05. The smallest absolute Gasteiger partial charge is 0.323 e. The van der Waals surface area contributed by atoms with Crippen LogP contribution >= 0.6 is 0 Å². The summed E-state index contributed by atoms with van der Waals surface area (Å²) in [6.07, 6.45) is 0. The minimum atomic E-state index is -1.32. The number of carbonyl (C=O) groups is 3. The van der Waals surface area contributed by atoms with Crippen LogP contribution in [0.4, 0.5) is 16.2 Å². The number of carboxylic acid groups (broad SMARTS) is 1. The molecule has 0 aliphatic carbocycles. The van der Waals surface area contributed by atoms with Crippen LogP contribution in [0.15, 0.2) is 48.5 Å². The second-order valence-electron chi connectivity index (χ2n) is 4.58. The molecule has 0 aliphatic heterocycles. The first-order chi connectivity index (χ1) is 10.5. The Labute approximate surface area is 126 Å². The number of anilines is 2. The first-order valence-corrected chi connectivity index (χ1v) is 6.46. The van der Waals surface area contributed by atoms with Gasteiger partial charge in [0.1, 0.15) is 0 Å². The van der Waals surface area contributed by atoms with Crippen molar-refractivity contribution < 1.29 is 19.5 Å². The Morgan fingerprint density at radius 3 is 2.09 bits per heavy atom. The van der Waals surface area contributed by atoms with Crippen LogP contribution in [0.2, 0.25) is 0 Å². The van der Waals surface area contributed by atoms with Crippen LogP contribution in [0.5, 0.6) is 0 Å². The van der Waals surface area contributed by atoms with Crippen molar-refractivity contribution in [3.63, 3.8) is 0 Å². The molecule has 0 aliphatic rings. The third kappa shape index (κ3) is 3.92. The van der Waals surface area contributed by atoms with Crippen LogP contribution in [0, 0.1) is 0 Å². The molecule has 2 rings (SSSR count). The molecule has 0 bridgehead atoms. The van der Waals surface area contributed by atoms with Gasteiger partial charge in [0.25, 0.3) is 0 Å². The fraction of sp³-hybridized carbons (Fsp3) is 0.0625. The van der Waals surface area contributed by atoms with E-state index in [4.69, 9.17) is 0 Å². The predicted octanol–water partition coefficient (Wildman–Crippen LogP) is 1.90. The monoisotopic (exact) mass is 297 g/mol. The van der Waals surface area contributed by atoms with Crippen molar-refractivity contribution in [1.82, 2.24) is 0 Å². The number of rotatable bonds is 4. The lowest BCUT2D eigenvalue weighted by molar-refractivity contribution is -0.255. The minimum absolute atomic E-state index is 0.0244. The van der Waals surface area contributed by atoms with E-state index in [1.807, 2.05) is 0 Å². The maximum Gasteiger partial charge on any atom is 0.323 e. The van der Waals surface area contributed by atoms with Crippen LogP contribution in [0.3, 0.4) is 0 Å². The van der Waals surface area contributed by atoms with Crippen molar-refractivity contribution in [2.24, 2.45) is 0 Å². The molecule has 22 heavy (non-hydrogen) atoms. The van der Waals surface area contributed by atoms with E-state index < -0.39 is 12.0 Å². The summed E-state index contributed by atoms with van der Waals surface area (Å²) in [5.74, 6) is -1.38. The highest BCUT2D eigenvalue weighted by Crippen LogP contribution is 2.13. The molecule has 2 amide bonds. The van der Waals surface area contributed by atoms with E-state index in [9.17, 15) is 19.5 Å². The number of hydrogen-bond acceptors (Lipinski definition) is 4. The number of amides is 2. The van der Waals surface area contributed by atoms with Crippen molar-refractivity contribution in [1.29, 1.82) is 0 Å². The highest BCUT2D eigenvalue weighted by atomic mass is 16.4. The molecule has 2 aromatic carbocycles. The molecular weight excluding hydrogens is 284 g/mol. The van der Waals surface area contributed by atoms with Gasteiger partial charge in [-0.25, -0.2) is 4.79 Å². The largest absolute Gasteiger partial charge is 0.545 e. The van der Waals surface area contributed by atoms with Crippen molar-refractivity contribution in [3.05, 3.63) is 59.7 Å². The first-order valence-electron chi connectivity index (χ1n) is 6.46. The second-order valence-corrected chi connectivity index (χ2v) is 4.58. The fourth-order valence-corrected chi connectivity index (χ4v) is 1.81. The van der Waals surface area contributed by atoms with Crippen LogP contribution in [0.25, 0.3) is 0 Å². The average molecular weight is 297 g/mol. The Kier molecular flexibility index (Phi) is 4.53. The third-order valence-corrected chi connectivity index (χ3v) is 2.91. The van der Waals surface area contributed by atoms with E-state index in [0.717, 1.165) is 0 Å². The normalized spacial score (nSPS) is 9.86. The molecular formula is C16H13N2O4-. The van der Waals surface area contributed by atoms with E-state index in [-0.39, 0.29) is 11.3 Å². The summed E-state index contributed by atoms with van der Waals surface area (Å²) in [6, 6.07) is 11.6. The SMILES string of the molecule is CC(=O)c1ccc(NC(=O)Nc2cccc(C(=O)[O-])c2)cc1. The van der Waals surface area contributed by atoms with Gasteiger partial charge in [0.15, 0.2) is 5.78 Å². The zero-order valence-corrected chi connectivity index (χ0v) is 11.8. The number of carbonyl (C=O) groups excluding carboxylic acids is 3. The first kappa shape index (κ1) is 15.2. The lowest BCUT2D eigenvalue weighted by Crippen LogP contribution is -2.23. The van der Waals surface area contributed by atoms with Gasteiger partial charge in [0.2, 0.25) is 0 Å². The average Bonchev–Trinajstić information content (AvgIpc) is 2.47. The summed E-state index contributed by atoms with van der Waals surface area (Å²) in [6.45, 7) is 1.46. The number of urea groups is 1. The third-order valence-electron chi connectivity index (χ3n) is 2.91. The Morgan fingerprint density at radius 1 is 0.864 bits per heavy atom. The molecule has 0 saturated carbocycles. The van der Waals surface area contributed by atoms with Crippen LogP contribution < -0.4 is 15.7 Å². The second kappa shape index (κ2) is 6.53. The Hall–Kier alpha value is -3.15. The molecule has 112 valence electrons. The van der Waals surface area contributed by atoms with Crippen molar-refractivity contribution >= 4 is 29.2 Å². The predicted molar refractivity (Wildman–Crippen MR) is 79.9 cm³/mol. The van der Waals surface area contributed by atoms with Crippen molar-refractivity contribution in [2.75, 3.05) is 10.6 Å². The van der Waals surface area contributed by atoms with Crippen molar-refractivity contribution in [2.45, 2.75) is 6.92 Å². The molecule has 0 unspecified atom stereocenters. The van der Waals surface area contributed by atoms with Gasteiger partial charge in [0, 0.05) is 16.9 Å². The molecule has 2 N–H and O–H groups in total. The van der Waals surface area contributed by atoms with Crippen LogP contribution in [-0.2, 0) is 0 Å². The van der Waals surface area contributed by atoms with E-state index in [0.29, 0.717) is 16.9 Å².